The summed E-state index contributed by atoms with van der Waals surface area (Å²) in [4.78, 5) is 39.0. The molecule has 0 unspecified atom stereocenters. The maximum atomic E-state index is 12.2. The minimum atomic E-state index is -2.46. The van der Waals surface area contributed by atoms with Crippen molar-refractivity contribution in [3.05, 3.63) is 96.3 Å². The normalized spacial score (nSPS) is 17.0. The van der Waals surface area contributed by atoms with Crippen LogP contribution >= 0.6 is 0 Å². The van der Waals surface area contributed by atoms with E-state index in [0.717, 1.165) is 43.9 Å². The highest BCUT2D eigenvalue weighted by Crippen LogP contribution is 2.51. The van der Waals surface area contributed by atoms with Gasteiger partial charge in [-0.05, 0) is 88.0 Å². The second kappa shape index (κ2) is 17.9. The van der Waals surface area contributed by atoms with E-state index in [1.807, 2.05) is 30.3 Å². The molecular weight excluding hydrogens is 879 g/mol. The van der Waals surface area contributed by atoms with Crippen LogP contribution in [0.2, 0.25) is 36.3 Å². The van der Waals surface area contributed by atoms with E-state index in [1.165, 1.54) is 24.8 Å². The number of ether oxygens (including phenoxy) is 4. The number of anilines is 2. The lowest BCUT2D eigenvalue weighted by molar-refractivity contribution is -0.155. The average Bonchev–Trinajstić information content (AvgIpc) is 3.86. The number of nitrogens with zero attached hydrogens (tertiary/aromatic N) is 4. The quantitative estimate of drug-likeness (QED) is 0.0508. The number of esters is 2. The molecule has 0 aliphatic carbocycles. The molecule has 1 fully saturated rings. The molecule has 13 nitrogen and oxygen atoms in total. The minimum absolute atomic E-state index is 0.0894. The number of hydrogen-bond donors (Lipinski definition) is 1. The second-order valence-electron chi connectivity index (χ2n) is 20.7. The molecular formula is C52H63N5O8Si2. The van der Waals surface area contributed by atoms with Crippen LogP contribution in [0, 0.1) is 6.92 Å². The van der Waals surface area contributed by atoms with Crippen molar-refractivity contribution in [2.24, 2.45) is 0 Å². The molecule has 3 heterocycles. The van der Waals surface area contributed by atoms with Crippen LogP contribution in [0.5, 0.6) is 17.4 Å². The number of benzene rings is 5. The van der Waals surface area contributed by atoms with Crippen LogP contribution in [-0.4, -0.2) is 66.9 Å². The Morgan fingerprint density at radius 1 is 0.806 bits per heavy atom. The first-order valence-electron chi connectivity index (χ1n) is 23.0. The number of hydrogen-bond acceptors (Lipinski definition) is 12. The Hall–Kier alpha value is -6.04. The van der Waals surface area contributed by atoms with Crippen LogP contribution in [0.25, 0.3) is 43.5 Å². The molecule has 0 amide bonds. The van der Waals surface area contributed by atoms with Gasteiger partial charge in [-0.2, -0.15) is 9.97 Å². The van der Waals surface area contributed by atoms with Crippen molar-refractivity contribution in [2.75, 3.05) is 11.9 Å². The van der Waals surface area contributed by atoms with E-state index in [9.17, 15) is 9.59 Å². The Labute approximate surface area is 394 Å². The molecule has 3 atom stereocenters. The van der Waals surface area contributed by atoms with Gasteiger partial charge in [0.2, 0.25) is 11.8 Å². The van der Waals surface area contributed by atoms with Crippen molar-refractivity contribution in [1.82, 2.24) is 19.5 Å². The molecule has 1 aliphatic heterocycles. The fourth-order valence-electron chi connectivity index (χ4n) is 8.02. The van der Waals surface area contributed by atoms with Crippen molar-refractivity contribution >= 4 is 83.7 Å². The summed E-state index contributed by atoms with van der Waals surface area (Å²) in [5.41, 5.74) is 3.68. The molecule has 67 heavy (non-hydrogen) atoms. The van der Waals surface area contributed by atoms with Gasteiger partial charge in [0.05, 0.1) is 12.0 Å². The van der Waals surface area contributed by atoms with E-state index in [0.29, 0.717) is 16.9 Å². The van der Waals surface area contributed by atoms with Crippen LogP contribution in [0.3, 0.4) is 0 Å². The molecule has 1 N–H and O–H groups in total. The predicted molar refractivity (Wildman–Crippen MR) is 269 cm³/mol. The SMILES string of the molecule is CC(=O)OC[C@H]1O[C@@H](n2cnc3c(OCc4ccccc4)nc(Nc4cc(O[Si](C)(C)C(C)(C)C)c(O[Si](C)(C)C(C)(C)C)c5ccc6c(C)c7ccccc7cc6c45)nc32)C[C@@H]1OC(C)=O. The molecule has 1 aliphatic rings. The van der Waals surface area contributed by atoms with E-state index in [-0.39, 0.29) is 41.5 Å². The lowest BCUT2D eigenvalue weighted by Gasteiger charge is -2.40. The summed E-state index contributed by atoms with van der Waals surface area (Å²) in [6.45, 7) is 27.5. The first-order chi connectivity index (χ1) is 31.5. The standard InChI is InChI=1S/C52H63N5O8Si2/c1-31-36-22-18-17-21-35(36)25-39-37(31)23-24-38-45(39)40(26-42(64-66(10,11)51(4,5)6)47(38)65-67(12,13)52(7,8)9)54-50-55-48-46(49(56-50)61-28-34-19-15-14-16-20-34)53-30-57(48)44-27-41(62-33(3)59)43(63-44)29-60-32(2)58/h14-26,30,41,43-44H,27-29H2,1-13H3,(H,54,55,56)/t41-,43+,44+/m0/s1. The number of imidazole rings is 1. The zero-order valence-corrected chi connectivity index (χ0v) is 43.0. The van der Waals surface area contributed by atoms with Crippen LogP contribution in [-0.2, 0) is 30.4 Å². The summed E-state index contributed by atoms with van der Waals surface area (Å²) in [5.74, 6) is 0.956. The topological polar surface area (TPSA) is 145 Å². The first-order valence-corrected chi connectivity index (χ1v) is 28.8. The number of aromatic nitrogens is 4. The molecule has 5 aromatic carbocycles. The van der Waals surface area contributed by atoms with Crippen LogP contribution in [0.1, 0.15) is 79.2 Å². The van der Waals surface area contributed by atoms with Crippen molar-refractivity contribution in [2.45, 2.75) is 130 Å². The Morgan fingerprint density at radius 2 is 1.48 bits per heavy atom. The number of nitrogens with one attached hydrogen (secondary N) is 1. The minimum Gasteiger partial charge on any atom is -0.541 e. The molecule has 352 valence electrons. The van der Waals surface area contributed by atoms with Crippen molar-refractivity contribution in [3.63, 3.8) is 0 Å². The summed E-state index contributed by atoms with van der Waals surface area (Å²) in [6.07, 6.45) is -0.196. The summed E-state index contributed by atoms with van der Waals surface area (Å²) >= 11 is 0. The predicted octanol–water partition coefficient (Wildman–Crippen LogP) is 12.5. The Balaban J connectivity index is 1.36. The fraction of sp³-hybridized carbons (Fsp3) is 0.404. The van der Waals surface area contributed by atoms with Gasteiger partial charge in [-0.25, -0.2) is 4.98 Å². The maximum Gasteiger partial charge on any atom is 0.303 e. The van der Waals surface area contributed by atoms with Gasteiger partial charge in [-0.1, -0.05) is 102 Å². The molecule has 8 rings (SSSR count). The number of carbonyl (C=O) groups is 2. The summed E-state index contributed by atoms with van der Waals surface area (Å²) in [7, 11) is -4.91. The third-order valence-electron chi connectivity index (χ3n) is 13.8. The van der Waals surface area contributed by atoms with Gasteiger partial charge in [0, 0.05) is 37.1 Å². The number of carbonyl (C=O) groups excluding carboxylic acids is 2. The van der Waals surface area contributed by atoms with Gasteiger partial charge in [0.15, 0.2) is 16.9 Å². The van der Waals surface area contributed by atoms with Gasteiger partial charge in [-0.3, -0.25) is 14.2 Å². The number of fused-ring (bicyclic) bond motifs is 5. The molecule has 7 aromatic rings. The Bertz CT molecular complexity index is 3010. The van der Waals surface area contributed by atoms with Crippen molar-refractivity contribution in [3.8, 4) is 17.4 Å². The van der Waals surface area contributed by atoms with Gasteiger partial charge < -0.3 is 33.1 Å². The molecule has 2 aromatic heterocycles. The van der Waals surface area contributed by atoms with Gasteiger partial charge in [0.1, 0.15) is 37.4 Å². The summed E-state index contributed by atoms with van der Waals surface area (Å²) < 4.78 is 40.5. The van der Waals surface area contributed by atoms with Crippen LogP contribution in [0.4, 0.5) is 11.6 Å². The summed E-state index contributed by atoms with van der Waals surface area (Å²) in [6, 6.07) is 27.0. The van der Waals surface area contributed by atoms with Gasteiger partial charge in [-0.15, -0.1) is 0 Å². The van der Waals surface area contributed by atoms with E-state index < -0.39 is 47.0 Å². The smallest absolute Gasteiger partial charge is 0.303 e. The maximum absolute atomic E-state index is 12.2. The van der Waals surface area contributed by atoms with Crippen LogP contribution < -0.4 is 18.9 Å². The van der Waals surface area contributed by atoms with Crippen LogP contribution in [0.15, 0.2) is 85.2 Å². The molecule has 1 saturated heterocycles. The average molecular weight is 942 g/mol. The highest BCUT2D eigenvalue weighted by atomic mass is 28.4. The van der Waals surface area contributed by atoms with E-state index in [4.69, 9.17) is 42.8 Å². The van der Waals surface area contributed by atoms with Gasteiger partial charge >= 0.3 is 11.9 Å². The van der Waals surface area contributed by atoms with E-state index >= 15 is 0 Å². The third kappa shape index (κ3) is 9.59. The molecule has 0 bridgehead atoms. The monoisotopic (exact) mass is 941 g/mol. The molecule has 15 heteroatoms. The highest BCUT2D eigenvalue weighted by Gasteiger charge is 2.44. The van der Waals surface area contributed by atoms with Crippen molar-refractivity contribution in [1.29, 1.82) is 0 Å². The zero-order valence-electron chi connectivity index (χ0n) is 41.0. The van der Waals surface area contributed by atoms with Crippen molar-refractivity contribution < 1.29 is 37.4 Å². The Morgan fingerprint density at radius 3 is 2.16 bits per heavy atom. The second-order valence-corrected chi connectivity index (χ2v) is 30.1. The molecule has 0 spiro atoms. The lowest BCUT2D eigenvalue weighted by atomic mass is 9.93. The third-order valence-corrected chi connectivity index (χ3v) is 22.4. The number of rotatable bonds is 13. The summed E-state index contributed by atoms with van der Waals surface area (Å²) in [5, 5.41) is 9.76. The lowest BCUT2D eigenvalue weighted by Crippen LogP contribution is -2.45. The largest absolute Gasteiger partial charge is 0.541 e. The van der Waals surface area contributed by atoms with E-state index in [1.54, 1.807) is 10.9 Å². The molecule has 0 radical (unpaired) electrons. The zero-order chi connectivity index (χ0) is 48.2. The molecule has 0 saturated carbocycles. The number of aryl methyl sites for hydroxylation is 1. The van der Waals surface area contributed by atoms with E-state index in [2.05, 4.69) is 129 Å². The highest BCUT2D eigenvalue weighted by molar-refractivity contribution is 6.75. The Kier molecular flexibility index (Phi) is 12.7. The van der Waals surface area contributed by atoms with Gasteiger partial charge in [0.25, 0.3) is 16.6 Å². The first kappa shape index (κ1) is 47.5. The fourth-order valence-corrected chi connectivity index (χ4v) is 10.1.